The monoisotopic (exact) mass is 474 g/mol. The van der Waals surface area contributed by atoms with E-state index >= 15 is 0 Å². The summed E-state index contributed by atoms with van der Waals surface area (Å²) in [5.74, 6) is -0.100. The lowest BCUT2D eigenvalue weighted by molar-refractivity contribution is -0.514. The summed E-state index contributed by atoms with van der Waals surface area (Å²) in [7, 11) is 0. The molecular formula is C26H32Cl2N2O2. The minimum atomic E-state index is -1.12. The third kappa shape index (κ3) is 5.24. The highest BCUT2D eigenvalue weighted by Crippen LogP contribution is 2.64. The van der Waals surface area contributed by atoms with Crippen LogP contribution in [0.3, 0.4) is 0 Å². The zero-order valence-electron chi connectivity index (χ0n) is 18.8. The molecule has 32 heavy (non-hydrogen) atoms. The van der Waals surface area contributed by atoms with Gasteiger partial charge in [0, 0.05) is 37.3 Å². The van der Waals surface area contributed by atoms with Crippen molar-refractivity contribution in [3.05, 3.63) is 58.1 Å². The predicted octanol–water partition coefficient (Wildman–Crippen LogP) is 5.01. The fourth-order valence-electron chi connectivity index (χ4n) is 7.37. The van der Waals surface area contributed by atoms with Crippen molar-refractivity contribution in [2.45, 2.75) is 64.3 Å². The fourth-order valence-corrected chi connectivity index (χ4v) is 7.86. The molecule has 0 saturated heterocycles. The summed E-state index contributed by atoms with van der Waals surface area (Å²) in [5.41, 5.74) is 8.28. The van der Waals surface area contributed by atoms with Crippen LogP contribution in [0.15, 0.2) is 42.5 Å². The summed E-state index contributed by atoms with van der Waals surface area (Å²) >= 11 is 12.1. The molecule has 0 heterocycles. The van der Waals surface area contributed by atoms with E-state index < -0.39 is 5.97 Å². The van der Waals surface area contributed by atoms with E-state index in [1.54, 1.807) is 42.5 Å². The predicted molar refractivity (Wildman–Crippen MR) is 128 cm³/mol. The van der Waals surface area contributed by atoms with Crippen LogP contribution in [-0.2, 0) is 11.2 Å². The second-order valence-electron chi connectivity index (χ2n) is 11.1. The third-order valence-electron chi connectivity index (χ3n) is 7.25. The number of aliphatic carboxylic acids is 1. The molecule has 0 aromatic heterocycles. The Balaban J connectivity index is 0.000000163. The molecule has 0 spiro atoms. The molecule has 0 aliphatic heterocycles. The van der Waals surface area contributed by atoms with Gasteiger partial charge in [0.05, 0.1) is 21.3 Å². The highest BCUT2D eigenvalue weighted by molar-refractivity contribution is 6.39. The van der Waals surface area contributed by atoms with Crippen molar-refractivity contribution in [1.29, 1.82) is 0 Å². The number of quaternary nitrogens is 1. The zero-order valence-corrected chi connectivity index (χ0v) is 20.4. The number of anilines is 2. The number of hydrogen-bond donors (Lipinski definition) is 2. The van der Waals surface area contributed by atoms with E-state index in [-0.39, 0.29) is 6.42 Å². The Morgan fingerprint density at radius 2 is 1.62 bits per heavy atom. The van der Waals surface area contributed by atoms with Crippen molar-refractivity contribution >= 4 is 40.5 Å². The molecule has 2 aromatic carbocycles. The van der Waals surface area contributed by atoms with Gasteiger partial charge in [-0.3, -0.25) is 0 Å². The molecular weight excluding hydrogens is 443 g/mol. The molecule has 2 atom stereocenters. The molecule has 4 saturated carbocycles. The topological polar surface area (TPSA) is 79.8 Å². The van der Waals surface area contributed by atoms with E-state index in [4.69, 9.17) is 23.2 Å². The van der Waals surface area contributed by atoms with Crippen LogP contribution in [0, 0.1) is 16.7 Å². The second-order valence-corrected chi connectivity index (χ2v) is 11.9. The van der Waals surface area contributed by atoms with Crippen LogP contribution in [0.1, 0.15) is 57.9 Å². The maximum atomic E-state index is 10.6. The van der Waals surface area contributed by atoms with Crippen molar-refractivity contribution in [3.8, 4) is 0 Å². The smallest absolute Gasteiger partial charge is 0.0959 e. The average molecular weight is 475 g/mol. The zero-order chi connectivity index (χ0) is 23.1. The maximum Gasteiger partial charge on any atom is 0.0959 e. The lowest BCUT2D eigenvalue weighted by atomic mass is 9.43. The third-order valence-corrected chi connectivity index (χ3v) is 7.88. The van der Waals surface area contributed by atoms with Crippen LogP contribution in [0.5, 0.6) is 0 Å². The Morgan fingerprint density at radius 1 is 1.03 bits per heavy atom. The van der Waals surface area contributed by atoms with Crippen molar-refractivity contribution in [3.63, 3.8) is 0 Å². The van der Waals surface area contributed by atoms with E-state index in [9.17, 15) is 9.90 Å². The van der Waals surface area contributed by atoms with Crippen LogP contribution in [0.2, 0.25) is 10.0 Å². The summed E-state index contributed by atoms with van der Waals surface area (Å²) < 4.78 is 0. The number of para-hydroxylation sites is 1. The van der Waals surface area contributed by atoms with Gasteiger partial charge in [0.15, 0.2) is 0 Å². The molecule has 4 N–H and O–H groups in total. The summed E-state index contributed by atoms with van der Waals surface area (Å²) in [5, 5.41) is 14.6. The second kappa shape index (κ2) is 8.55. The Bertz CT molecular complexity index is 954. The molecule has 2 unspecified atom stereocenters. The molecule has 172 valence electrons. The van der Waals surface area contributed by atoms with Gasteiger partial charge in [-0.2, -0.15) is 0 Å². The number of nitrogens with one attached hydrogen (secondary N) is 1. The lowest BCUT2D eigenvalue weighted by Gasteiger charge is -2.62. The van der Waals surface area contributed by atoms with Crippen LogP contribution in [-0.4, -0.2) is 11.5 Å². The Morgan fingerprint density at radius 3 is 2.16 bits per heavy atom. The van der Waals surface area contributed by atoms with Gasteiger partial charge in [0.2, 0.25) is 0 Å². The van der Waals surface area contributed by atoms with E-state index in [0.29, 0.717) is 43.4 Å². The highest BCUT2D eigenvalue weighted by Gasteiger charge is 2.60. The Kier molecular flexibility index (Phi) is 6.26. The molecule has 0 amide bonds. The van der Waals surface area contributed by atoms with Crippen molar-refractivity contribution in [1.82, 2.24) is 0 Å². The Labute approximate surface area is 200 Å². The number of carbonyl (C=O) groups excluding carboxylic acids is 1. The minimum Gasteiger partial charge on any atom is -0.550 e. The molecule has 4 aliphatic rings. The quantitative estimate of drug-likeness (QED) is 0.653. The number of carboxylic acid groups (broad SMARTS) is 1. The lowest BCUT2D eigenvalue weighted by Crippen LogP contribution is -2.80. The summed E-state index contributed by atoms with van der Waals surface area (Å²) in [6.45, 7) is 5.02. The van der Waals surface area contributed by atoms with Gasteiger partial charge in [0.25, 0.3) is 0 Å². The number of rotatable bonds is 4. The fraction of sp³-hybridized carbons (Fsp3) is 0.500. The normalized spacial score (nSPS) is 32.2. The van der Waals surface area contributed by atoms with Gasteiger partial charge >= 0.3 is 0 Å². The Hall–Kier alpha value is -1.75. The van der Waals surface area contributed by atoms with Crippen LogP contribution in [0.4, 0.5) is 11.4 Å². The summed E-state index contributed by atoms with van der Waals surface area (Å²) in [6, 6.07) is 12.2. The average Bonchev–Trinajstić information content (AvgIpc) is 2.61. The first kappa shape index (κ1) is 23.4. The van der Waals surface area contributed by atoms with Crippen LogP contribution in [0.25, 0.3) is 0 Å². The molecule has 6 rings (SSSR count). The molecule has 4 nitrogen and oxygen atoms in total. The van der Waals surface area contributed by atoms with Crippen molar-refractivity contribution in [2.24, 2.45) is 16.7 Å². The molecule has 4 fully saturated rings. The molecule has 2 aromatic rings. The van der Waals surface area contributed by atoms with Crippen LogP contribution < -0.4 is 16.2 Å². The van der Waals surface area contributed by atoms with E-state index in [1.165, 1.54) is 38.5 Å². The standard InChI is InChI=1S/C14H11Cl2NO2.C12H21N/c15-11-5-2-6-12(16)14(11)17-10-4-1-3-9(7-10)8-13(18)19;1-10-3-9-4-11(2,6-10)8-12(13,5-9)7-10/h1-7,17H,8H2,(H,18,19);9H,3-8,13H2,1-2H3. The minimum absolute atomic E-state index is 0.133. The highest BCUT2D eigenvalue weighted by atomic mass is 35.5. The number of carboxylic acids is 1. The largest absolute Gasteiger partial charge is 0.550 e. The van der Waals surface area contributed by atoms with Crippen LogP contribution >= 0.6 is 23.2 Å². The summed E-state index contributed by atoms with van der Waals surface area (Å²) in [4.78, 5) is 10.6. The summed E-state index contributed by atoms with van der Waals surface area (Å²) in [6.07, 6.45) is 8.59. The van der Waals surface area contributed by atoms with Gasteiger partial charge in [-0.1, -0.05) is 55.2 Å². The van der Waals surface area contributed by atoms with Gasteiger partial charge in [0.1, 0.15) is 0 Å². The molecule has 0 radical (unpaired) electrons. The van der Waals surface area contributed by atoms with Gasteiger partial charge in [-0.05, 0) is 65.8 Å². The van der Waals surface area contributed by atoms with E-state index in [0.717, 1.165) is 5.92 Å². The first-order chi connectivity index (χ1) is 15.0. The van der Waals surface area contributed by atoms with Gasteiger partial charge in [-0.15, -0.1) is 0 Å². The van der Waals surface area contributed by atoms with Gasteiger partial charge < -0.3 is 21.0 Å². The number of halogens is 2. The number of benzene rings is 2. The number of carbonyl (C=O) groups is 1. The van der Waals surface area contributed by atoms with E-state index in [1.807, 2.05) is 0 Å². The van der Waals surface area contributed by atoms with Crippen molar-refractivity contribution < 1.29 is 15.6 Å². The molecule has 6 heteroatoms. The van der Waals surface area contributed by atoms with E-state index in [2.05, 4.69) is 24.9 Å². The SMILES string of the molecule is CC12CC3CC(C)(C1)CC([NH3+])(C3)C2.O=C([O-])Cc1cccc(Nc2c(Cl)cccc2Cl)c1. The molecule has 4 aliphatic carbocycles. The first-order valence-corrected chi connectivity index (χ1v) is 12.1. The molecule has 4 bridgehead atoms. The maximum absolute atomic E-state index is 10.6. The van der Waals surface area contributed by atoms with Gasteiger partial charge in [-0.25, -0.2) is 0 Å². The number of hydrogen-bond acceptors (Lipinski definition) is 3. The van der Waals surface area contributed by atoms with Crippen molar-refractivity contribution in [2.75, 3.05) is 5.32 Å². The first-order valence-electron chi connectivity index (χ1n) is 11.3.